The third-order valence-corrected chi connectivity index (χ3v) is 4.30. The Bertz CT molecular complexity index is 231. The van der Waals surface area contributed by atoms with Crippen molar-refractivity contribution in [2.24, 2.45) is 5.41 Å². The summed E-state index contributed by atoms with van der Waals surface area (Å²) in [6, 6.07) is 0.574. The van der Waals surface area contributed by atoms with E-state index in [0.29, 0.717) is 11.5 Å². The Balaban J connectivity index is 1.90. The first-order valence-electron chi connectivity index (χ1n) is 7.74. The third kappa shape index (κ3) is 4.22. The summed E-state index contributed by atoms with van der Waals surface area (Å²) >= 11 is 0. The van der Waals surface area contributed by atoms with E-state index >= 15 is 0 Å². The first-order chi connectivity index (χ1) is 8.70. The van der Waals surface area contributed by atoms with Gasteiger partial charge in [-0.25, -0.2) is 0 Å². The second-order valence-electron chi connectivity index (χ2n) is 6.53. The van der Waals surface area contributed by atoms with E-state index in [1.54, 1.807) is 0 Å². The largest absolute Gasteiger partial charge is 0.381 e. The summed E-state index contributed by atoms with van der Waals surface area (Å²) in [5.41, 5.74) is 0.361. The molecule has 2 heterocycles. The molecule has 0 bridgehead atoms. The average molecular weight is 254 g/mol. The molecule has 2 aliphatic heterocycles. The van der Waals surface area contributed by atoms with E-state index in [-0.39, 0.29) is 0 Å². The summed E-state index contributed by atoms with van der Waals surface area (Å²) in [4.78, 5) is 2.67. The monoisotopic (exact) mass is 254 g/mol. The van der Waals surface area contributed by atoms with Crippen LogP contribution in [-0.2, 0) is 4.74 Å². The maximum atomic E-state index is 5.79. The first kappa shape index (κ1) is 14.3. The van der Waals surface area contributed by atoms with Crippen LogP contribution in [0.5, 0.6) is 0 Å². The predicted octanol–water partition coefficient (Wildman–Crippen LogP) is 2.27. The molecule has 3 heteroatoms. The molecule has 0 aromatic rings. The molecule has 1 N–H and O–H groups in total. The molecule has 18 heavy (non-hydrogen) atoms. The fourth-order valence-electron chi connectivity index (χ4n) is 3.24. The summed E-state index contributed by atoms with van der Waals surface area (Å²) in [5.74, 6) is 0. The molecule has 2 rings (SSSR count). The second kappa shape index (κ2) is 6.88. The molecule has 0 spiro atoms. The Morgan fingerprint density at radius 2 is 1.94 bits per heavy atom. The van der Waals surface area contributed by atoms with Gasteiger partial charge in [0.05, 0.1) is 6.61 Å². The van der Waals surface area contributed by atoms with Gasteiger partial charge in [-0.05, 0) is 38.8 Å². The van der Waals surface area contributed by atoms with E-state index in [0.717, 1.165) is 19.8 Å². The Hall–Kier alpha value is -0.120. The third-order valence-electron chi connectivity index (χ3n) is 4.30. The molecule has 0 amide bonds. The van der Waals surface area contributed by atoms with Gasteiger partial charge in [-0.2, -0.15) is 0 Å². The van der Waals surface area contributed by atoms with Crippen LogP contribution in [0.15, 0.2) is 0 Å². The van der Waals surface area contributed by atoms with Crippen molar-refractivity contribution in [3.63, 3.8) is 0 Å². The highest BCUT2D eigenvalue weighted by molar-refractivity contribution is 4.88. The Morgan fingerprint density at radius 3 is 2.56 bits per heavy atom. The molecule has 1 unspecified atom stereocenters. The van der Waals surface area contributed by atoms with Crippen molar-refractivity contribution in [1.29, 1.82) is 0 Å². The minimum atomic E-state index is 0.361. The van der Waals surface area contributed by atoms with Gasteiger partial charge in [0.1, 0.15) is 0 Å². The van der Waals surface area contributed by atoms with Crippen LogP contribution in [0.1, 0.15) is 46.0 Å². The lowest BCUT2D eigenvalue weighted by Gasteiger charge is -2.42. The average Bonchev–Trinajstić information content (AvgIpc) is 2.39. The lowest BCUT2D eigenvalue weighted by molar-refractivity contribution is -0.0294. The summed E-state index contributed by atoms with van der Waals surface area (Å²) in [6.45, 7) is 11.3. The number of nitrogens with zero attached hydrogens (tertiary/aromatic N) is 1. The van der Waals surface area contributed by atoms with Crippen LogP contribution in [0, 0.1) is 5.41 Å². The van der Waals surface area contributed by atoms with Gasteiger partial charge in [-0.3, -0.25) is 0 Å². The summed E-state index contributed by atoms with van der Waals surface area (Å²) in [6.07, 6.45) is 6.74. The van der Waals surface area contributed by atoms with Gasteiger partial charge in [0.15, 0.2) is 0 Å². The smallest absolute Gasteiger partial charge is 0.0546 e. The van der Waals surface area contributed by atoms with Crippen LogP contribution < -0.4 is 5.32 Å². The highest BCUT2D eigenvalue weighted by Crippen LogP contribution is 2.30. The molecule has 106 valence electrons. The molecule has 2 fully saturated rings. The predicted molar refractivity (Wildman–Crippen MR) is 75.9 cm³/mol. The highest BCUT2D eigenvalue weighted by Gasteiger charge is 2.35. The zero-order valence-electron chi connectivity index (χ0n) is 12.2. The van der Waals surface area contributed by atoms with Crippen LogP contribution in [0.3, 0.4) is 0 Å². The maximum absolute atomic E-state index is 5.79. The van der Waals surface area contributed by atoms with E-state index < -0.39 is 0 Å². The molecule has 2 aliphatic rings. The number of rotatable bonds is 5. The first-order valence-corrected chi connectivity index (χ1v) is 7.74. The van der Waals surface area contributed by atoms with Gasteiger partial charge >= 0.3 is 0 Å². The molecule has 3 nitrogen and oxygen atoms in total. The summed E-state index contributed by atoms with van der Waals surface area (Å²) < 4.78 is 5.79. The zero-order valence-corrected chi connectivity index (χ0v) is 12.2. The van der Waals surface area contributed by atoms with Crippen LogP contribution >= 0.6 is 0 Å². The van der Waals surface area contributed by atoms with Gasteiger partial charge in [0, 0.05) is 31.2 Å². The molecular weight excluding hydrogens is 224 g/mol. The lowest BCUT2D eigenvalue weighted by Crippen LogP contribution is -2.51. The molecule has 0 radical (unpaired) electrons. The van der Waals surface area contributed by atoms with Crippen molar-refractivity contribution >= 4 is 0 Å². The Morgan fingerprint density at radius 1 is 1.17 bits per heavy atom. The van der Waals surface area contributed by atoms with E-state index in [2.05, 4.69) is 24.1 Å². The SMILES string of the molecule is CC(C)NCC1(CN2CCCCC2)CCCOC1. The van der Waals surface area contributed by atoms with Crippen molar-refractivity contribution in [3.05, 3.63) is 0 Å². The van der Waals surface area contributed by atoms with Gasteiger partial charge in [0.25, 0.3) is 0 Å². The van der Waals surface area contributed by atoms with E-state index in [9.17, 15) is 0 Å². The fraction of sp³-hybridized carbons (Fsp3) is 1.00. The van der Waals surface area contributed by atoms with Gasteiger partial charge in [0.2, 0.25) is 0 Å². The quantitative estimate of drug-likeness (QED) is 0.814. The standard InChI is InChI=1S/C15H30N2O/c1-14(2)16-11-15(7-6-10-18-13-15)12-17-8-4-3-5-9-17/h14,16H,3-13H2,1-2H3. The summed E-state index contributed by atoms with van der Waals surface area (Å²) in [7, 11) is 0. The molecule has 0 saturated carbocycles. The van der Waals surface area contributed by atoms with E-state index in [4.69, 9.17) is 4.74 Å². The Kier molecular flexibility index (Phi) is 5.46. The van der Waals surface area contributed by atoms with Crippen molar-refractivity contribution in [2.75, 3.05) is 39.4 Å². The van der Waals surface area contributed by atoms with Crippen LogP contribution in [0.4, 0.5) is 0 Å². The second-order valence-corrected chi connectivity index (χ2v) is 6.53. The van der Waals surface area contributed by atoms with Crippen molar-refractivity contribution in [2.45, 2.75) is 52.0 Å². The molecule has 2 saturated heterocycles. The molecular formula is C15H30N2O. The van der Waals surface area contributed by atoms with E-state index in [1.165, 1.54) is 51.7 Å². The van der Waals surface area contributed by atoms with E-state index in [1.807, 2.05) is 0 Å². The zero-order chi connectivity index (χ0) is 12.8. The van der Waals surface area contributed by atoms with Crippen LogP contribution in [-0.4, -0.2) is 50.3 Å². The van der Waals surface area contributed by atoms with Gasteiger partial charge in [-0.15, -0.1) is 0 Å². The van der Waals surface area contributed by atoms with Crippen molar-refractivity contribution < 1.29 is 4.74 Å². The highest BCUT2D eigenvalue weighted by atomic mass is 16.5. The molecule has 0 aromatic carbocycles. The van der Waals surface area contributed by atoms with Crippen molar-refractivity contribution in [1.82, 2.24) is 10.2 Å². The minimum absolute atomic E-state index is 0.361. The minimum Gasteiger partial charge on any atom is -0.381 e. The molecule has 1 atom stereocenters. The molecule has 0 aliphatic carbocycles. The molecule has 0 aromatic heterocycles. The number of likely N-dealkylation sites (tertiary alicyclic amines) is 1. The van der Waals surface area contributed by atoms with Gasteiger partial charge < -0.3 is 15.0 Å². The Labute approximate surface area is 112 Å². The number of hydrogen-bond acceptors (Lipinski definition) is 3. The number of piperidine rings is 1. The fourth-order valence-corrected chi connectivity index (χ4v) is 3.24. The van der Waals surface area contributed by atoms with Gasteiger partial charge in [-0.1, -0.05) is 20.3 Å². The van der Waals surface area contributed by atoms with Crippen LogP contribution in [0.2, 0.25) is 0 Å². The number of ether oxygens (including phenoxy) is 1. The topological polar surface area (TPSA) is 24.5 Å². The lowest BCUT2D eigenvalue weighted by atomic mass is 9.81. The number of hydrogen-bond donors (Lipinski definition) is 1. The summed E-state index contributed by atoms with van der Waals surface area (Å²) in [5, 5.41) is 3.64. The normalized spacial score (nSPS) is 30.8. The maximum Gasteiger partial charge on any atom is 0.0546 e. The van der Waals surface area contributed by atoms with Crippen LogP contribution in [0.25, 0.3) is 0 Å². The van der Waals surface area contributed by atoms with Crippen molar-refractivity contribution in [3.8, 4) is 0 Å². The number of nitrogens with one attached hydrogen (secondary N) is 1.